The lowest BCUT2D eigenvalue weighted by Gasteiger charge is -2.10. The zero-order valence-electron chi connectivity index (χ0n) is 18.3. The molecule has 0 bridgehead atoms. The molecule has 0 spiro atoms. The summed E-state index contributed by atoms with van der Waals surface area (Å²) in [6, 6.07) is 18.8. The molecule has 0 unspecified atom stereocenters. The fraction of sp³-hybridized carbons (Fsp3) is 0.200. The van der Waals surface area contributed by atoms with Crippen LogP contribution in [0.2, 0.25) is 0 Å². The topological polar surface area (TPSA) is 86.1 Å². The third kappa shape index (κ3) is 4.37. The standard InChI is InChI=1S/C25H24N4O3/c1-4-17-9-8-12-19(13-17)26-22(30)15-32-25(31)20-14-21(18-10-6-5-7-11-18)27-24-23(20)16(2)28-29(24)3/h5-14H,4,15H2,1-3H3,(H,26,30). The summed E-state index contributed by atoms with van der Waals surface area (Å²) >= 11 is 0. The van der Waals surface area contributed by atoms with Crippen LogP contribution in [-0.2, 0) is 23.0 Å². The number of benzene rings is 2. The normalized spacial score (nSPS) is 10.8. The van der Waals surface area contributed by atoms with E-state index in [1.165, 1.54) is 0 Å². The van der Waals surface area contributed by atoms with Crippen molar-refractivity contribution in [2.24, 2.45) is 7.05 Å². The Bertz CT molecular complexity index is 1300. The molecule has 2 heterocycles. The minimum atomic E-state index is -0.594. The van der Waals surface area contributed by atoms with Crippen LogP contribution in [0.3, 0.4) is 0 Å². The number of nitrogens with one attached hydrogen (secondary N) is 1. The van der Waals surface area contributed by atoms with Crippen LogP contribution in [-0.4, -0.2) is 33.2 Å². The van der Waals surface area contributed by atoms with Crippen molar-refractivity contribution < 1.29 is 14.3 Å². The fourth-order valence-electron chi connectivity index (χ4n) is 3.64. The maximum absolute atomic E-state index is 13.0. The number of rotatable bonds is 6. The van der Waals surface area contributed by atoms with E-state index < -0.39 is 11.9 Å². The average Bonchev–Trinajstić information content (AvgIpc) is 3.11. The number of amides is 1. The van der Waals surface area contributed by atoms with Gasteiger partial charge < -0.3 is 10.1 Å². The summed E-state index contributed by atoms with van der Waals surface area (Å²) in [5.74, 6) is -0.994. The Hall–Kier alpha value is -4.00. The SMILES string of the molecule is CCc1cccc(NC(=O)COC(=O)c2cc(-c3ccccc3)nc3c2c(C)nn3C)c1. The largest absolute Gasteiger partial charge is 0.452 e. The van der Waals surface area contributed by atoms with E-state index in [4.69, 9.17) is 4.74 Å². The minimum absolute atomic E-state index is 0.334. The van der Waals surface area contributed by atoms with Gasteiger partial charge in [0.2, 0.25) is 0 Å². The van der Waals surface area contributed by atoms with Crippen molar-refractivity contribution in [3.05, 3.63) is 77.5 Å². The highest BCUT2D eigenvalue weighted by Gasteiger charge is 2.21. The van der Waals surface area contributed by atoms with Crippen molar-refractivity contribution in [1.29, 1.82) is 0 Å². The molecule has 0 saturated heterocycles. The van der Waals surface area contributed by atoms with Crippen molar-refractivity contribution in [2.45, 2.75) is 20.3 Å². The molecule has 162 valence electrons. The Balaban J connectivity index is 1.58. The number of nitrogens with zero attached hydrogens (tertiary/aromatic N) is 3. The second-order valence-electron chi connectivity index (χ2n) is 7.51. The Morgan fingerprint density at radius 2 is 1.84 bits per heavy atom. The molecule has 7 nitrogen and oxygen atoms in total. The molecule has 2 aromatic heterocycles. The van der Waals surface area contributed by atoms with Gasteiger partial charge in [0.25, 0.3) is 5.91 Å². The summed E-state index contributed by atoms with van der Waals surface area (Å²) in [5.41, 5.74) is 4.87. The predicted octanol–water partition coefficient (Wildman–Crippen LogP) is 4.30. The Labute approximate surface area is 186 Å². The highest BCUT2D eigenvalue weighted by Crippen LogP contribution is 2.27. The van der Waals surface area contributed by atoms with Crippen LogP contribution in [0.5, 0.6) is 0 Å². The van der Waals surface area contributed by atoms with Gasteiger partial charge in [0.1, 0.15) is 0 Å². The highest BCUT2D eigenvalue weighted by atomic mass is 16.5. The van der Waals surface area contributed by atoms with Gasteiger partial charge in [0.05, 0.1) is 22.3 Å². The van der Waals surface area contributed by atoms with Gasteiger partial charge in [0.15, 0.2) is 12.3 Å². The summed E-state index contributed by atoms with van der Waals surface area (Å²) in [4.78, 5) is 30.0. The first-order valence-electron chi connectivity index (χ1n) is 10.4. The lowest BCUT2D eigenvalue weighted by Crippen LogP contribution is -2.21. The van der Waals surface area contributed by atoms with Crippen molar-refractivity contribution in [3.63, 3.8) is 0 Å². The van der Waals surface area contributed by atoms with Crippen molar-refractivity contribution in [2.75, 3.05) is 11.9 Å². The Morgan fingerprint density at radius 3 is 2.59 bits per heavy atom. The van der Waals surface area contributed by atoms with Gasteiger partial charge in [-0.15, -0.1) is 0 Å². The van der Waals surface area contributed by atoms with E-state index in [-0.39, 0.29) is 6.61 Å². The summed E-state index contributed by atoms with van der Waals surface area (Å²) < 4.78 is 7.01. The number of aryl methyl sites for hydroxylation is 3. The van der Waals surface area contributed by atoms with Crippen LogP contribution in [0.25, 0.3) is 22.3 Å². The number of carbonyl (C=O) groups is 2. The van der Waals surface area contributed by atoms with E-state index in [2.05, 4.69) is 15.4 Å². The quantitative estimate of drug-likeness (QED) is 0.463. The number of ether oxygens (including phenoxy) is 1. The van der Waals surface area contributed by atoms with Crippen molar-refractivity contribution in [3.8, 4) is 11.3 Å². The zero-order valence-corrected chi connectivity index (χ0v) is 18.3. The molecule has 7 heteroatoms. The first kappa shape index (κ1) is 21.2. The van der Waals surface area contributed by atoms with Gasteiger partial charge in [-0.05, 0) is 37.1 Å². The molecule has 1 N–H and O–H groups in total. The molecule has 0 radical (unpaired) electrons. The minimum Gasteiger partial charge on any atom is -0.452 e. The maximum atomic E-state index is 13.0. The summed E-state index contributed by atoms with van der Waals surface area (Å²) in [5, 5.41) is 7.79. The van der Waals surface area contributed by atoms with Crippen LogP contribution in [0.4, 0.5) is 5.69 Å². The number of anilines is 1. The number of hydrogen-bond acceptors (Lipinski definition) is 5. The molecule has 0 saturated carbocycles. The lowest BCUT2D eigenvalue weighted by molar-refractivity contribution is -0.119. The molecular weight excluding hydrogens is 404 g/mol. The van der Waals surface area contributed by atoms with E-state index in [9.17, 15) is 9.59 Å². The molecule has 4 rings (SSSR count). The Morgan fingerprint density at radius 1 is 1.06 bits per heavy atom. The smallest absolute Gasteiger partial charge is 0.339 e. The molecule has 2 aromatic carbocycles. The molecular formula is C25H24N4O3. The van der Waals surface area contributed by atoms with Gasteiger partial charge in [0, 0.05) is 18.3 Å². The van der Waals surface area contributed by atoms with E-state index >= 15 is 0 Å². The van der Waals surface area contributed by atoms with Crippen LogP contribution < -0.4 is 5.32 Å². The second kappa shape index (κ2) is 9.01. The molecule has 1 amide bonds. The number of aromatic nitrogens is 3. The number of fused-ring (bicyclic) bond motifs is 1. The number of carbonyl (C=O) groups excluding carboxylic acids is 2. The molecule has 4 aromatic rings. The van der Waals surface area contributed by atoms with E-state index in [1.807, 2.05) is 62.4 Å². The summed E-state index contributed by atoms with van der Waals surface area (Å²) in [6.07, 6.45) is 0.866. The van der Waals surface area contributed by atoms with Crippen LogP contribution in [0.1, 0.15) is 28.5 Å². The predicted molar refractivity (Wildman–Crippen MR) is 123 cm³/mol. The second-order valence-corrected chi connectivity index (χ2v) is 7.51. The van der Waals surface area contributed by atoms with Gasteiger partial charge in [-0.3, -0.25) is 9.48 Å². The monoisotopic (exact) mass is 428 g/mol. The third-order valence-corrected chi connectivity index (χ3v) is 5.21. The maximum Gasteiger partial charge on any atom is 0.339 e. The van der Waals surface area contributed by atoms with E-state index in [0.717, 1.165) is 17.5 Å². The van der Waals surface area contributed by atoms with Crippen molar-refractivity contribution in [1.82, 2.24) is 14.8 Å². The summed E-state index contributed by atoms with van der Waals surface area (Å²) in [7, 11) is 1.78. The number of esters is 1. The average molecular weight is 428 g/mol. The highest BCUT2D eigenvalue weighted by molar-refractivity contribution is 6.05. The molecule has 0 atom stereocenters. The van der Waals surface area contributed by atoms with Crippen LogP contribution in [0, 0.1) is 6.92 Å². The van der Waals surface area contributed by atoms with Gasteiger partial charge in [-0.2, -0.15) is 5.10 Å². The first-order valence-corrected chi connectivity index (χ1v) is 10.4. The molecule has 0 aliphatic carbocycles. The summed E-state index contributed by atoms with van der Waals surface area (Å²) in [6.45, 7) is 3.47. The Kier molecular flexibility index (Phi) is 5.98. The fourth-order valence-corrected chi connectivity index (χ4v) is 3.64. The van der Waals surface area contributed by atoms with E-state index in [1.54, 1.807) is 23.9 Å². The number of pyridine rings is 1. The molecule has 0 fully saturated rings. The van der Waals surface area contributed by atoms with Crippen LogP contribution in [0.15, 0.2) is 60.7 Å². The number of hydrogen-bond donors (Lipinski definition) is 1. The molecule has 32 heavy (non-hydrogen) atoms. The van der Waals surface area contributed by atoms with Crippen molar-refractivity contribution >= 4 is 28.6 Å². The third-order valence-electron chi connectivity index (χ3n) is 5.21. The van der Waals surface area contributed by atoms with Gasteiger partial charge in [-0.1, -0.05) is 49.4 Å². The van der Waals surface area contributed by atoms with Gasteiger partial charge >= 0.3 is 5.97 Å². The first-order chi connectivity index (χ1) is 15.5. The zero-order chi connectivity index (χ0) is 22.7. The van der Waals surface area contributed by atoms with Gasteiger partial charge in [-0.25, -0.2) is 9.78 Å². The van der Waals surface area contributed by atoms with E-state index in [0.29, 0.717) is 33.7 Å². The molecule has 0 aliphatic heterocycles. The lowest BCUT2D eigenvalue weighted by atomic mass is 10.1. The molecule has 0 aliphatic rings. The van der Waals surface area contributed by atoms with Crippen LogP contribution >= 0.6 is 0 Å².